The van der Waals surface area contributed by atoms with Crippen LogP contribution >= 0.6 is 36.4 Å². The van der Waals surface area contributed by atoms with Gasteiger partial charge in [0.15, 0.2) is 0 Å². The Hall–Kier alpha value is -0.220. The Labute approximate surface area is 113 Å². The molecule has 1 aliphatic heterocycles. The van der Waals surface area contributed by atoms with Gasteiger partial charge in [0.1, 0.15) is 5.82 Å². The molecule has 0 spiro atoms. The summed E-state index contributed by atoms with van der Waals surface area (Å²) in [5.74, 6) is 0.807. The van der Waals surface area contributed by atoms with Crippen LogP contribution in [0.5, 0.6) is 0 Å². The van der Waals surface area contributed by atoms with E-state index in [1.807, 2.05) is 12.1 Å². The molecular formula is C10H16Cl3N3. The zero-order valence-corrected chi connectivity index (χ0v) is 11.2. The summed E-state index contributed by atoms with van der Waals surface area (Å²) in [7, 11) is 0. The highest BCUT2D eigenvalue weighted by atomic mass is 35.5. The van der Waals surface area contributed by atoms with Crippen LogP contribution in [-0.2, 0) is 0 Å². The Kier molecular flexibility index (Phi) is 7.85. The number of rotatable bonds is 2. The predicted octanol–water partition coefficient (Wildman–Crippen LogP) is 2.74. The van der Waals surface area contributed by atoms with Gasteiger partial charge in [-0.25, -0.2) is 4.98 Å². The van der Waals surface area contributed by atoms with Crippen LogP contribution in [0.15, 0.2) is 18.3 Å². The van der Waals surface area contributed by atoms with Crippen molar-refractivity contribution in [1.82, 2.24) is 10.3 Å². The molecule has 1 aromatic heterocycles. The molecule has 92 valence electrons. The number of aromatic nitrogens is 1. The minimum absolute atomic E-state index is 0. The lowest BCUT2D eigenvalue weighted by atomic mass is 10.1. The first-order valence-corrected chi connectivity index (χ1v) is 5.32. The second-order valence-electron chi connectivity index (χ2n) is 3.50. The molecule has 3 nitrogen and oxygen atoms in total. The molecule has 6 heteroatoms. The van der Waals surface area contributed by atoms with Gasteiger partial charge in [-0.1, -0.05) is 11.6 Å². The van der Waals surface area contributed by atoms with Gasteiger partial charge >= 0.3 is 0 Å². The molecule has 2 N–H and O–H groups in total. The number of pyridine rings is 1. The first-order chi connectivity index (χ1) is 6.86. The SMILES string of the molecule is Cl.Cl.Clc1cccnc1NC1CCNCC1. The van der Waals surface area contributed by atoms with E-state index in [2.05, 4.69) is 15.6 Å². The Bertz CT molecular complexity index is 303. The van der Waals surface area contributed by atoms with E-state index in [0.717, 1.165) is 31.7 Å². The first kappa shape index (κ1) is 15.8. The minimum atomic E-state index is 0. The van der Waals surface area contributed by atoms with E-state index in [4.69, 9.17) is 11.6 Å². The molecule has 0 bridgehead atoms. The van der Waals surface area contributed by atoms with Gasteiger partial charge < -0.3 is 10.6 Å². The summed E-state index contributed by atoms with van der Waals surface area (Å²) < 4.78 is 0. The molecule has 2 rings (SSSR count). The lowest BCUT2D eigenvalue weighted by molar-refractivity contribution is 0.478. The van der Waals surface area contributed by atoms with Crippen LogP contribution in [0.1, 0.15) is 12.8 Å². The van der Waals surface area contributed by atoms with E-state index in [9.17, 15) is 0 Å². The van der Waals surface area contributed by atoms with Crippen molar-refractivity contribution in [3.8, 4) is 0 Å². The fourth-order valence-corrected chi connectivity index (χ4v) is 1.83. The second-order valence-corrected chi connectivity index (χ2v) is 3.91. The molecule has 0 aliphatic carbocycles. The number of hydrogen-bond acceptors (Lipinski definition) is 3. The van der Waals surface area contributed by atoms with Crippen molar-refractivity contribution in [3.05, 3.63) is 23.4 Å². The van der Waals surface area contributed by atoms with Crippen molar-refractivity contribution < 1.29 is 0 Å². The lowest BCUT2D eigenvalue weighted by Crippen LogP contribution is -2.35. The normalized spacial score (nSPS) is 15.8. The molecule has 2 heterocycles. The van der Waals surface area contributed by atoms with E-state index < -0.39 is 0 Å². The molecule has 1 aromatic rings. The fourth-order valence-electron chi connectivity index (χ4n) is 1.65. The third kappa shape index (κ3) is 4.34. The van der Waals surface area contributed by atoms with Crippen LogP contribution in [0.3, 0.4) is 0 Å². The van der Waals surface area contributed by atoms with Gasteiger partial charge in [-0.2, -0.15) is 0 Å². The highest BCUT2D eigenvalue weighted by Gasteiger charge is 2.13. The smallest absolute Gasteiger partial charge is 0.144 e. The van der Waals surface area contributed by atoms with E-state index in [-0.39, 0.29) is 24.8 Å². The van der Waals surface area contributed by atoms with Crippen LogP contribution in [0.2, 0.25) is 5.02 Å². The van der Waals surface area contributed by atoms with Gasteiger partial charge in [-0.15, -0.1) is 24.8 Å². The minimum Gasteiger partial charge on any atom is -0.366 e. The van der Waals surface area contributed by atoms with Crippen molar-refractivity contribution in [2.24, 2.45) is 0 Å². The zero-order chi connectivity index (χ0) is 9.80. The van der Waals surface area contributed by atoms with Gasteiger partial charge in [0.05, 0.1) is 5.02 Å². The number of anilines is 1. The Morgan fingerprint density at radius 3 is 2.62 bits per heavy atom. The Morgan fingerprint density at radius 1 is 1.31 bits per heavy atom. The monoisotopic (exact) mass is 283 g/mol. The Balaban J connectivity index is 0.00000112. The maximum absolute atomic E-state index is 6.00. The van der Waals surface area contributed by atoms with Gasteiger partial charge in [0.2, 0.25) is 0 Å². The van der Waals surface area contributed by atoms with E-state index in [0.29, 0.717) is 11.1 Å². The summed E-state index contributed by atoms with van der Waals surface area (Å²) in [4.78, 5) is 4.21. The van der Waals surface area contributed by atoms with Crippen molar-refractivity contribution in [2.75, 3.05) is 18.4 Å². The molecule has 1 saturated heterocycles. The van der Waals surface area contributed by atoms with Crippen molar-refractivity contribution in [2.45, 2.75) is 18.9 Å². The van der Waals surface area contributed by atoms with Gasteiger partial charge in [-0.3, -0.25) is 0 Å². The fraction of sp³-hybridized carbons (Fsp3) is 0.500. The summed E-state index contributed by atoms with van der Waals surface area (Å²) in [5, 5.41) is 7.39. The number of hydrogen-bond donors (Lipinski definition) is 2. The zero-order valence-electron chi connectivity index (χ0n) is 8.78. The lowest BCUT2D eigenvalue weighted by Gasteiger charge is -2.24. The number of nitrogens with one attached hydrogen (secondary N) is 2. The van der Waals surface area contributed by atoms with Crippen LogP contribution in [0.4, 0.5) is 5.82 Å². The molecule has 16 heavy (non-hydrogen) atoms. The third-order valence-corrected chi connectivity index (χ3v) is 2.74. The summed E-state index contributed by atoms with van der Waals surface area (Å²) >= 11 is 6.00. The third-order valence-electron chi connectivity index (χ3n) is 2.44. The standard InChI is InChI=1S/C10H14ClN3.2ClH/c11-9-2-1-5-13-10(9)14-8-3-6-12-7-4-8;;/h1-2,5,8,12H,3-4,6-7H2,(H,13,14);2*1H. The highest BCUT2D eigenvalue weighted by Crippen LogP contribution is 2.20. The first-order valence-electron chi connectivity index (χ1n) is 4.94. The number of nitrogens with zero attached hydrogens (tertiary/aromatic N) is 1. The average Bonchev–Trinajstić information content (AvgIpc) is 2.23. The van der Waals surface area contributed by atoms with Crippen molar-refractivity contribution >= 4 is 42.2 Å². The Morgan fingerprint density at radius 2 is 2.00 bits per heavy atom. The number of halogens is 3. The quantitative estimate of drug-likeness (QED) is 0.877. The summed E-state index contributed by atoms with van der Waals surface area (Å²) in [6.45, 7) is 2.14. The van der Waals surface area contributed by atoms with E-state index in [1.165, 1.54) is 0 Å². The average molecular weight is 285 g/mol. The molecule has 0 saturated carbocycles. The van der Waals surface area contributed by atoms with Crippen LogP contribution in [0, 0.1) is 0 Å². The maximum atomic E-state index is 6.00. The molecule has 0 unspecified atom stereocenters. The maximum Gasteiger partial charge on any atom is 0.144 e. The summed E-state index contributed by atoms with van der Waals surface area (Å²) in [6.07, 6.45) is 4.02. The molecule has 0 atom stereocenters. The number of piperidine rings is 1. The second kappa shape index (κ2) is 7.96. The van der Waals surface area contributed by atoms with E-state index in [1.54, 1.807) is 6.20 Å². The van der Waals surface area contributed by atoms with Gasteiger partial charge in [-0.05, 0) is 38.1 Å². The predicted molar refractivity (Wildman–Crippen MR) is 73.3 cm³/mol. The summed E-state index contributed by atoms with van der Waals surface area (Å²) in [5.41, 5.74) is 0. The van der Waals surface area contributed by atoms with Crippen molar-refractivity contribution in [1.29, 1.82) is 0 Å². The van der Waals surface area contributed by atoms with Crippen LogP contribution < -0.4 is 10.6 Å². The molecule has 0 amide bonds. The van der Waals surface area contributed by atoms with Gasteiger partial charge in [0.25, 0.3) is 0 Å². The van der Waals surface area contributed by atoms with Crippen LogP contribution in [-0.4, -0.2) is 24.1 Å². The van der Waals surface area contributed by atoms with E-state index >= 15 is 0 Å². The molecule has 1 fully saturated rings. The molecular weight excluding hydrogens is 268 g/mol. The highest BCUT2D eigenvalue weighted by molar-refractivity contribution is 6.32. The molecule has 0 aromatic carbocycles. The van der Waals surface area contributed by atoms with Crippen LogP contribution in [0.25, 0.3) is 0 Å². The van der Waals surface area contributed by atoms with Gasteiger partial charge in [0, 0.05) is 12.2 Å². The largest absolute Gasteiger partial charge is 0.366 e. The molecule has 1 aliphatic rings. The molecule has 0 radical (unpaired) electrons. The topological polar surface area (TPSA) is 37.0 Å². The summed E-state index contributed by atoms with van der Waals surface area (Å²) in [6, 6.07) is 4.21. The van der Waals surface area contributed by atoms with Crippen molar-refractivity contribution in [3.63, 3.8) is 0 Å².